The second-order valence-electron chi connectivity index (χ2n) is 4.96. The van der Waals surface area contributed by atoms with E-state index in [0.717, 1.165) is 30.8 Å². The van der Waals surface area contributed by atoms with Gasteiger partial charge in [-0.05, 0) is 49.2 Å². The smallest absolute Gasteiger partial charge is 0.120 e. The first-order chi connectivity index (χ1) is 10.4. The Morgan fingerprint density at radius 3 is 2.52 bits per heavy atom. The van der Waals surface area contributed by atoms with Gasteiger partial charge >= 0.3 is 0 Å². The first kappa shape index (κ1) is 15.5. The van der Waals surface area contributed by atoms with E-state index >= 15 is 0 Å². The topological polar surface area (TPSA) is 21.3 Å². The fourth-order valence-electron chi connectivity index (χ4n) is 2.08. The van der Waals surface area contributed by atoms with E-state index in [1.165, 1.54) is 5.56 Å². The molecule has 112 valence electrons. The Labute approximate surface area is 126 Å². The average Bonchev–Trinajstić information content (AvgIpc) is 2.54. The van der Waals surface area contributed by atoms with Crippen LogP contribution in [0, 0.1) is 0 Å². The van der Waals surface area contributed by atoms with Crippen LogP contribution in [0.3, 0.4) is 0 Å². The molecule has 0 saturated carbocycles. The summed E-state index contributed by atoms with van der Waals surface area (Å²) in [5.41, 5.74) is 2.39. The van der Waals surface area contributed by atoms with Gasteiger partial charge in [0.2, 0.25) is 0 Å². The molecule has 21 heavy (non-hydrogen) atoms. The zero-order valence-corrected chi connectivity index (χ0v) is 12.2. The van der Waals surface area contributed by atoms with E-state index in [-0.39, 0.29) is 6.67 Å². The molecule has 0 heterocycles. The predicted molar refractivity (Wildman–Crippen MR) is 84.4 cm³/mol. The van der Waals surface area contributed by atoms with Crippen LogP contribution in [0.2, 0.25) is 0 Å². The Morgan fingerprint density at radius 2 is 1.71 bits per heavy atom. The molecule has 3 heteroatoms. The van der Waals surface area contributed by atoms with Crippen molar-refractivity contribution in [1.82, 2.24) is 5.32 Å². The summed E-state index contributed by atoms with van der Waals surface area (Å²) in [5.74, 6) is 0.889. The van der Waals surface area contributed by atoms with Crippen molar-refractivity contribution in [3.8, 4) is 5.75 Å². The Balaban J connectivity index is 1.77. The van der Waals surface area contributed by atoms with Crippen LogP contribution in [0.25, 0.3) is 0 Å². The number of alkyl halides is 1. The van der Waals surface area contributed by atoms with Gasteiger partial charge in [0.25, 0.3) is 0 Å². The first-order valence-electron chi connectivity index (χ1n) is 7.41. The number of benzene rings is 2. The monoisotopic (exact) mass is 287 g/mol. The minimum Gasteiger partial charge on any atom is -0.489 e. The van der Waals surface area contributed by atoms with E-state index in [1.54, 1.807) is 0 Å². The summed E-state index contributed by atoms with van der Waals surface area (Å²) in [5, 5.41) is 3.23. The third-order valence-electron chi connectivity index (χ3n) is 3.22. The molecule has 0 saturated heterocycles. The highest BCUT2D eigenvalue weighted by Gasteiger charge is 1.98. The second kappa shape index (κ2) is 9.14. The molecule has 2 aromatic rings. The van der Waals surface area contributed by atoms with Gasteiger partial charge in [0.1, 0.15) is 12.4 Å². The van der Waals surface area contributed by atoms with Crippen LogP contribution in [0.1, 0.15) is 17.5 Å². The summed E-state index contributed by atoms with van der Waals surface area (Å²) >= 11 is 0. The molecule has 1 N–H and O–H groups in total. The molecule has 0 aliphatic rings. The molecule has 0 aromatic heterocycles. The number of halogens is 1. The molecule has 0 unspecified atom stereocenters. The lowest BCUT2D eigenvalue weighted by molar-refractivity contribution is 0.306. The summed E-state index contributed by atoms with van der Waals surface area (Å²) in [4.78, 5) is 0. The van der Waals surface area contributed by atoms with E-state index in [2.05, 4.69) is 29.6 Å². The van der Waals surface area contributed by atoms with Crippen molar-refractivity contribution >= 4 is 0 Å². The molecule has 0 radical (unpaired) electrons. The molecule has 0 aliphatic carbocycles. The average molecular weight is 287 g/mol. The van der Waals surface area contributed by atoms with E-state index in [1.807, 2.05) is 30.3 Å². The molecule has 0 bridgehead atoms. The van der Waals surface area contributed by atoms with E-state index in [9.17, 15) is 4.39 Å². The summed E-state index contributed by atoms with van der Waals surface area (Å²) < 4.78 is 17.8. The zero-order valence-electron chi connectivity index (χ0n) is 12.2. The lowest BCUT2D eigenvalue weighted by atomic mass is 10.1. The fourth-order valence-corrected chi connectivity index (χ4v) is 2.08. The van der Waals surface area contributed by atoms with Crippen molar-refractivity contribution in [3.63, 3.8) is 0 Å². The lowest BCUT2D eigenvalue weighted by Crippen LogP contribution is -2.18. The molecule has 2 rings (SSSR count). The number of ether oxygens (including phenoxy) is 1. The van der Waals surface area contributed by atoms with Gasteiger partial charge in [0, 0.05) is 0 Å². The second-order valence-corrected chi connectivity index (χ2v) is 4.96. The predicted octanol–water partition coefficient (Wildman–Crippen LogP) is 3.76. The normalized spacial score (nSPS) is 10.5. The van der Waals surface area contributed by atoms with Crippen LogP contribution in [-0.2, 0) is 13.0 Å². The van der Waals surface area contributed by atoms with Crippen molar-refractivity contribution < 1.29 is 9.13 Å². The Kier molecular flexibility index (Phi) is 6.75. The van der Waals surface area contributed by atoms with Crippen molar-refractivity contribution in [1.29, 1.82) is 0 Å². The maximum absolute atomic E-state index is 12.0. The zero-order chi connectivity index (χ0) is 14.8. The molecule has 2 aromatic carbocycles. The summed E-state index contributed by atoms with van der Waals surface area (Å²) in [6.07, 6.45) is 1.51. The van der Waals surface area contributed by atoms with Crippen LogP contribution in [0.4, 0.5) is 4.39 Å². The maximum atomic E-state index is 12.0. The fraction of sp³-hybridized carbons (Fsp3) is 0.333. The molecule has 0 spiro atoms. The highest BCUT2D eigenvalue weighted by Crippen LogP contribution is 2.15. The van der Waals surface area contributed by atoms with Crippen LogP contribution in [-0.4, -0.2) is 19.8 Å². The summed E-state index contributed by atoms with van der Waals surface area (Å²) in [6, 6.07) is 18.3. The van der Waals surface area contributed by atoms with Crippen LogP contribution < -0.4 is 10.1 Å². The molecule has 0 fully saturated rings. The van der Waals surface area contributed by atoms with Gasteiger partial charge in [-0.2, -0.15) is 0 Å². The Morgan fingerprint density at radius 1 is 0.905 bits per heavy atom. The van der Waals surface area contributed by atoms with Gasteiger partial charge in [0.15, 0.2) is 0 Å². The van der Waals surface area contributed by atoms with Crippen molar-refractivity contribution in [2.45, 2.75) is 19.4 Å². The van der Waals surface area contributed by atoms with Gasteiger partial charge in [-0.3, -0.25) is 4.39 Å². The summed E-state index contributed by atoms with van der Waals surface area (Å²) in [6.45, 7) is 1.93. The maximum Gasteiger partial charge on any atom is 0.120 e. The van der Waals surface area contributed by atoms with E-state index < -0.39 is 0 Å². The SMILES string of the molecule is FCCCNCCc1cccc(OCc2ccccc2)c1. The van der Waals surface area contributed by atoms with Gasteiger partial charge in [-0.25, -0.2) is 0 Å². The highest BCUT2D eigenvalue weighted by molar-refractivity contribution is 5.29. The van der Waals surface area contributed by atoms with Crippen molar-refractivity contribution in [2.24, 2.45) is 0 Å². The summed E-state index contributed by atoms with van der Waals surface area (Å²) in [7, 11) is 0. The van der Waals surface area contributed by atoms with Crippen LogP contribution in [0.15, 0.2) is 54.6 Å². The minimum absolute atomic E-state index is 0.254. The quantitative estimate of drug-likeness (QED) is 0.709. The Hall–Kier alpha value is -1.87. The molecular weight excluding hydrogens is 265 g/mol. The van der Waals surface area contributed by atoms with Crippen molar-refractivity contribution in [2.75, 3.05) is 19.8 Å². The number of hydrogen-bond acceptors (Lipinski definition) is 2. The van der Waals surface area contributed by atoms with Gasteiger partial charge in [0.05, 0.1) is 6.67 Å². The molecule has 0 amide bonds. The van der Waals surface area contributed by atoms with Gasteiger partial charge < -0.3 is 10.1 Å². The first-order valence-corrected chi connectivity index (χ1v) is 7.41. The molecule has 0 aliphatic heterocycles. The minimum atomic E-state index is -0.254. The Bertz CT molecular complexity index is 516. The van der Waals surface area contributed by atoms with E-state index in [0.29, 0.717) is 13.0 Å². The lowest BCUT2D eigenvalue weighted by Gasteiger charge is -2.09. The number of rotatable bonds is 9. The van der Waals surface area contributed by atoms with Crippen molar-refractivity contribution in [3.05, 3.63) is 65.7 Å². The largest absolute Gasteiger partial charge is 0.489 e. The number of hydrogen-bond donors (Lipinski definition) is 1. The number of nitrogens with one attached hydrogen (secondary N) is 1. The molecular formula is C18H22FNO. The third kappa shape index (κ3) is 5.96. The molecule has 0 atom stereocenters. The van der Waals surface area contributed by atoms with Gasteiger partial charge in [-0.1, -0.05) is 42.5 Å². The van der Waals surface area contributed by atoms with Gasteiger partial charge in [-0.15, -0.1) is 0 Å². The molecule has 2 nitrogen and oxygen atoms in total. The van der Waals surface area contributed by atoms with Crippen LogP contribution >= 0.6 is 0 Å². The van der Waals surface area contributed by atoms with E-state index in [4.69, 9.17) is 4.74 Å². The third-order valence-corrected chi connectivity index (χ3v) is 3.22. The van der Waals surface area contributed by atoms with Crippen LogP contribution in [0.5, 0.6) is 5.75 Å². The standard InChI is InChI=1S/C18H22FNO/c19-11-5-12-20-13-10-16-8-4-9-18(14-16)21-15-17-6-2-1-3-7-17/h1-4,6-9,14,20H,5,10-13,15H2. The highest BCUT2D eigenvalue weighted by atomic mass is 19.1.